The Morgan fingerprint density at radius 1 is 1.00 bits per heavy atom. The summed E-state index contributed by atoms with van der Waals surface area (Å²) in [6, 6.07) is 11.4. The first-order valence-corrected chi connectivity index (χ1v) is 5.53. The maximum atomic E-state index is 13.1. The molecule has 0 unspecified atom stereocenters. The molecule has 18 heavy (non-hydrogen) atoms. The molecule has 0 fully saturated rings. The number of rotatable bonds is 2. The quantitative estimate of drug-likeness (QED) is 0.781. The molecule has 0 amide bonds. The Labute approximate surface area is 104 Å². The Kier molecular flexibility index (Phi) is 3.38. The number of benzene rings is 2. The van der Waals surface area contributed by atoms with Crippen LogP contribution in [0.2, 0.25) is 0 Å². The molecule has 0 aliphatic heterocycles. The summed E-state index contributed by atoms with van der Waals surface area (Å²) in [6.07, 6.45) is 0.351. The number of nitrogens with zero attached hydrogens (tertiary/aromatic N) is 1. The first-order chi connectivity index (χ1) is 8.61. The number of hydrogen-bond acceptors (Lipinski definition) is 1. The van der Waals surface area contributed by atoms with Crippen molar-refractivity contribution in [2.24, 2.45) is 0 Å². The largest absolute Gasteiger partial charge is 0.204 e. The van der Waals surface area contributed by atoms with Gasteiger partial charge in [-0.1, -0.05) is 24.3 Å². The summed E-state index contributed by atoms with van der Waals surface area (Å²) < 4.78 is 26.0. The maximum absolute atomic E-state index is 13.1. The second-order valence-corrected chi connectivity index (χ2v) is 4.11. The highest BCUT2D eigenvalue weighted by Gasteiger charge is 2.06. The molecule has 0 atom stereocenters. The maximum Gasteiger partial charge on any atom is 0.159 e. The summed E-state index contributed by atoms with van der Waals surface area (Å²) in [6.45, 7) is 1.90. The summed E-state index contributed by atoms with van der Waals surface area (Å²) in [5.41, 5.74) is 3.36. The van der Waals surface area contributed by atoms with Gasteiger partial charge in [-0.2, -0.15) is 5.26 Å². The Balaban J connectivity index is 2.43. The highest BCUT2D eigenvalue weighted by atomic mass is 19.2. The molecule has 2 aromatic carbocycles. The number of nitriles is 1. The van der Waals surface area contributed by atoms with E-state index in [1.165, 1.54) is 12.1 Å². The lowest BCUT2D eigenvalue weighted by Crippen LogP contribution is -1.90. The van der Waals surface area contributed by atoms with Gasteiger partial charge in [0.1, 0.15) is 0 Å². The van der Waals surface area contributed by atoms with Gasteiger partial charge in [-0.25, -0.2) is 8.78 Å². The van der Waals surface area contributed by atoms with Gasteiger partial charge in [0.2, 0.25) is 0 Å². The van der Waals surface area contributed by atoms with Gasteiger partial charge in [0, 0.05) is 0 Å². The van der Waals surface area contributed by atoms with Gasteiger partial charge in [-0.05, 0) is 41.3 Å². The van der Waals surface area contributed by atoms with Gasteiger partial charge in [0.25, 0.3) is 0 Å². The molecule has 0 aliphatic carbocycles. The molecule has 3 heteroatoms. The summed E-state index contributed by atoms with van der Waals surface area (Å²) in [7, 11) is 0. The van der Waals surface area contributed by atoms with E-state index in [-0.39, 0.29) is 0 Å². The topological polar surface area (TPSA) is 23.8 Å². The molecule has 2 aromatic rings. The van der Waals surface area contributed by atoms with Crippen molar-refractivity contribution in [1.82, 2.24) is 0 Å². The van der Waals surface area contributed by atoms with Crippen molar-refractivity contribution in [1.29, 1.82) is 5.26 Å². The fourth-order valence-electron chi connectivity index (χ4n) is 1.83. The Morgan fingerprint density at radius 3 is 2.28 bits per heavy atom. The number of halogens is 2. The minimum absolute atomic E-state index is 0.351. The molecule has 90 valence electrons. The zero-order valence-corrected chi connectivity index (χ0v) is 9.87. The lowest BCUT2D eigenvalue weighted by molar-refractivity contribution is 0.509. The average molecular weight is 243 g/mol. The average Bonchev–Trinajstić information content (AvgIpc) is 2.35. The van der Waals surface area contributed by atoms with Gasteiger partial charge in [0.15, 0.2) is 11.6 Å². The first-order valence-electron chi connectivity index (χ1n) is 5.53. The van der Waals surface area contributed by atoms with Crippen LogP contribution in [-0.2, 0) is 6.42 Å². The van der Waals surface area contributed by atoms with Crippen LogP contribution >= 0.6 is 0 Å². The minimum Gasteiger partial charge on any atom is -0.204 e. The second kappa shape index (κ2) is 4.97. The molecular weight excluding hydrogens is 232 g/mol. The lowest BCUT2D eigenvalue weighted by Gasteiger charge is -2.07. The highest BCUT2D eigenvalue weighted by molar-refractivity contribution is 5.65. The molecule has 0 aromatic heterocycles. The third-order valence-corrected chi connectivity index (χ3v) is 2.87. The normalized spacial score (nSPS) is 10.1. The predicted octanol–water partition coefficient (Wildman–Crippen LogP) is 4.01. The van der Waals surface area contributed by atoms with Crippen LogP contribution in [0.4, 0.5) is 8.78 Å². The fraction of sp³-hybridized carbons (Fsp3) is 0.133. The third kappa shape index (κ3) is 2.38. The monoisotopic (exact) mass is 243 g/mol. The van der Waals surface area contributed by atoms with Gasteiger partial charge >= 0.3 is 0 Å². The smallest absolute Gasteiger partial charge is 0.159 e. The molecule has 1 nitrogen and oxygen atoms in total. The minimum atomic E-state index is -0.855. The molecular formula is C15H11F2N. The molecule has 0 aliphatic rings. The summed E-state index contributed by atoms with van der Waals surface area (Å²) >= 11 is 0. The van der Waals surface area contributed by atoms with Gasteiger partial charge in [-0.15, -0.1) is 0 Å². The van der Waals surface area contributed by atoms with E-state index in [9.17, 15) is 8.78 Å². The zero-order chi connectivity index (χ0) is 13.1. The molecule has 0 saturated carbocycles. The van der Waals surface area contributed by atoms with E-state index < -0.39 is 11.6 Å². The van der Waals surface area contributed by atoms with Crippen LogP contribution in [0.25, 0.3) is 11.1 Å². The van der Waals surface area contributed by atoms with Crippen molar-refractivity contribution in [3.8, 4) is 17.2 Å². The summed E-state index contributed by atoms with van der Waals surface area (Å²) in [5.74, 6) is -1.71. The van der Waals surface area contributed by atoms with Crippen LogP contribution in [0.1, 0.15) is 11.1 Å². The molecule has 0 bridgehead atoms. The van der Waals surface area contributed by atoms with E-state index in [1.54, 1.807) is 0 Å². The van der Waals surface area contributed by atoms with Crippen LogP contribution in [0.15, 0.2) is 36.4 Å². The predicted molar refractivity (Wildman–Crippen MR) is 65.8 cm³/mol. The Morgan fingerprint density at radius 2 is 1.67 bits per heavy atom. The first kappa shape index (κ1) is 12.3. The van der Waals surface area contributed by atoms with Gasteiger partial charge < -0.3 is 0 Å². The lowest BCUT2D eigenvalue weighted by atomic mass is 9.98. The fourth-order valence-corrected chi connectivity index (χ4v) is 1.83. The van der Waals surface area contributed by atoms with Crippen LogP contribution in [0, 0.1) is 29.9 Å². The van der Waals surface area contributed by atoms with Crippen LogP contribution < -0.4 is 0 Å². The van der Waals surface area contributed by atoms with E-state index in [4.69, 9.17) is 5.26 Å². The number of hydrogen-bond donors (Lipinski definition) is 0. The third-order valence-electron chi connectivity index (χ3n) is 2.87. The SMILES string of the molecule is Cc1cc(-c2ccc(F)c(F)c2)ccc1CC#N. The van der Waals surface area contributed by atoms with Crippen molar-refractivity contribution in [2.75, 3.05) is 0 Å². The molecule has 0 spiro atoms. The van der Waals surface area contributed by atoms with Crippen LogP contribution in [-0.4, -0.2) is 0 Å². The Bertz CT molecular complexity index is 627. The standard InChI is InChI=1S/C15H11F2N/c1-10-8-12(3-2-11(10)6-7-18)13-4-5-14(16)15(17)9-13/h2-5,8-9H,6H2,1H3. The van der Waals surface area contributed by atoms with Gasteiger partial charge in [0.05, 0.1) is 12.5 Å². The Hall–Kier alpha value is -2.21. The van der Waals surface area contributed by atoms with E-state index >= 15 is 0 Å². The van der Waals surface area contributed by atoms with Crippen LogP contribution in [0.3, 0.4) is 0 Å². The zero-order valence-electron chi connectivity index (χ0n) is 9.87. The van der Waals surface area contributed by atoms with Crippen molar-refractivity contribution >= 4 is 0 Å². The second-order valence-electron chi connectivity index (χ2n) is 4.11. The van der Waals surface area contributed by atoms with Crippen LogP contribution in [0.5, 0.6) is 0 Å². The van der Waals surface area contributed by atoms with Crippen molar-refractivity contribution < 1.29 is 8.78 Å². The summed E-state index contributed by atoms with van der Waals surface area (Å²) in [4.78, 5) is 0. The van der Waals surface area contributed by atoms with Crippen molar-refractivity contribution in [3.63, 3.8) is 0 Å². The molecule has 0 saturated heterocycles. The van der Waals surface area contributed by atoms with E-state index in [1.807, 2.05) is 25.1 Å². The van der Waals surface area contributed by atoms with E-state index in [0.29, 0.717) is 12.0 Å². The van der Waals surface area contributed by atoms with Crippen molar-refractivity contribution in [3.05, 3.63) is 59.2 Å². The van der Waals surface area contributed by atoms with Crippen molar-refractivity contribution in [2.45, 2.75) is 13.3 Å². The van der Waals surface area contributed by atoms with E-state index in [2.05, 4.69) is 6.07 Å². The molecule has 0 heterocycles. The summed E-state index contributed by atoms with van der Waals surface area (Å²) in [5, 5.41) is 8.66. The molecule has 2 rings (SSSR count). The molecule has 0 radical (unpaired) electrons. The van der Waals surface area contributed by atoms with Gasteiger partial charge in [-0.3, -0.25) is 0 Å². The van der Waals surface area contributed by atoms with E-state index in [0.717, 1.165) is 22.8 Å². The molecule has 0 N–H and O–H groups in total. The number of aryl methyl sites for hydroxylation is 1. The highest BCUT2D eigenvalue weighted by Crippen LogP contribution is 2.24.